The van der Waals surface area contributed by atoms with Crippen molar-refractivity contribution >= 4 is 11.9 Å². The molecule has 2 N–H and O–H groups in total. The van der Waals surface area contributed by atoms with Crippen LogP contribution < -0.4 is 5.73 Å². The molecule has 0 aliphatic rings. The minimum Gasteiger partial charge on any atom is -0.464 e. The van der Waals surface area contributed by atoms with Gasteiger partial charge >= 0.3 is 5.97 Å². The van der Waals surface area contributed by atoms with E-state index in [0.717, 1.165) is 0 Å². The van der Waals surface area contributed by atoms with Gasteiger partial charge in [0.05, 0.1) is 19.4 Å². The van der Waals surface area contributed by atoms with E-state index in [0.29, 0.717) is 5.69 Å². The third kappa shape index (κ3) is 2.54. The average molecular weight is 228 g/mol. The predicted octanol–water partition coefficient (Wildman–Crippen LogP) is -1.30. The van der Waals surface area contributed by atoms with Gasteiger partial charge in [-0.05, 0) is 0 Å². The van der Waals surface area contributed by atoms with Crippen LogP contribution in [0.15, 0.2) is 0 Å². The van der Waals surface area contributed by atoms with Crippen LogP contribution in [0.2, 0.25) is 0 Å². The number of aromatic nitrogens is 3. The van der Waals surface area contributed by atoms with Crippen molar-refractivity contribution in [3.05, 3.63) is 11.4 Å². The Morgan fingerprint density at radius 2 is 2.12 bits per heavy atom. The lowest BCUT2D eigenvalue weighted by Gasteiger charge is -2.04. The zero-order valence-corrected chi connectivity index (χ0v) is 8.97. The molecule has 0 aliphatic heterocycles. The van der Waals surface area contributed by atoms with Gasteiger partial charge in [0.1, 0.15) is 6.54 Å². The minimum atomic E-state index is -0.636. The molecule has 0 aliphatic carbocycles. The monoisotopic (exact) mass is 228 g/mol. The first kappa shape index (κ1) is 12.1. The molecule has 0 aromatic carbocycles. The quantitative estimate of drug-likeness (QED) is 0.627. The van der Waals surface area contributed by atoms with Gasteiger partial charge in [-0.1, -0.05) is 5.21 Å². The lowest BCUT2D eigenvalue weighted by atomic mass is 10.3. The lowest BCUT2D eigenvalue weighted by Crippen LogP contribution is -2.21. The molecule has 1 aromatic heterocycles. The standard InChI is InChI=1S/C8H12N4O4/c1-15-4-5-7(8(14)16-2)10-11-12(5)3-6(9)13/h3-4H2,1-2H3,(H2,9,13). The smallest absolute Gasteiger partial charge is 0.360 e. The van der Waals surface area contributed by atoms with E-state index < -0.39 is 11.9 Å². The normalized spacial score (nSPS) is 10.1. The van der Waals surface area contributed by atoms with Crippen LogP contribution in [0.3, 0.4) is 0 Å². The van der Waals surface area contributed by atoms with Crippen molar-refractivity contribution in [2.24, 2.45) is 5.73 Å². The lowest BCUT2D eigenvalue weighted by molar-refractivity contribution is -0.118. The molecule has 0 saturated heterocycles. The van der Waals surface area contributed by atoms with E-state index in [1.807, 2.05) is 0 Å². The molecule has 1 amide bonds. The molecule has 1 rings (SSSR count). The van der Waals surface area contributed by atoms with Gasteiger partial charge in [0.15, 0.2) is 5.69 Å². The molecule has 0 radical (unpaired) electrons. The number of hydrogen-bond acceptors (Lipinski definition) is 6. The van der Waals surface area contributed by atoms with Crippen LogP contribution in [0.1, 0.15) is 16.2 Å². The van der Waals surface area contributed by atoms with E-state index in [1.165, 1.54) is 18.9 Å². The maximum absolute atomic E-state index is 11.3. The van der Waals surface area contributed by atoms with Gasteiger partial charge in [-0.15, -0.1) is 5.10 Å². The average Bonchev–Trinajstić information content (AvgIpc) is 2.61. The number of carbonyl (C=O) groups excluding carboxylic acids is 2. The molecule has 1 heterocycles. The number of carbonyl (C=O) groups is 2. The Morgan fingerprint density at radius 1 is 1.44 bits per heavy atom. The molecule has 8 heteroatoms. The third-order valence-electron chi connectivity index (χ3n) is 1.80. The molecule has 16 heavy (non-hydrogen) atoms. The summed E-state index contributed by atoms with van der Waals surface area (Å²) in [6.45, 7) is -0.0760. The minimum absolute atomic E-state index is 0.0191. The summed E-state index contributed by atoms with van der Waals surface area (Å²) in [5, 5.41) is 7.24. The highest BCUT2D eigenvalue weighted by molar-refractivity contribution is 5.88. The number of hydrogen-bond donors (Lipinski definition) is 1. The summed E-state index contributed by atoms with van der Waals surface area (Å²) in [5.74, 6) is -1.22. The number of rotatable bonds is 5. The topological polar surface area (TPSA) is 109 Å². The summed E-state index contributed by atoms with van der Waals surface area (Å²) in [5.41, 5.74) is 5.40. The van der Waals surface area contributed by atoms with Crippen LogP contribution in [0.5, 0.6) is 0 Å². The number of nitrogens with two attached hydrogens (primary N) is 1. The maximum atomic E-state index is 11.3. The summed E-state index contributed by atoms with van der Waals surface area (Å²) in [7, 11) is 2.68. The largest absolute Gasteiger partial charge is 0.464 e. The number of nitrogens with zero attached hydrogens (tertiary/aromatic N) is 3. The van der Waals surface area contributed by atoms with Gasteiger partial charge in [0, 0.05) is 7.11 Å². The van der Waals surface area contributed by atoms with E-state index in [-0.39, 0.29) is 18.8 Å². The predicted molar refractivity (Wildman–Crippen MR) is 51.3 cm³/mol. The molecule has 0 saturated carbocycles. The van der Waals surface area contributed by atoms with E-state index >= 15 is 0 Å². The summed E-state index contributed by atoms with van der Waals surface area (Å²) < 4.78 is 10.6. The highest BCUT2D eigenvalue weighted by Gasteiger charge is 2.20. The Hall–Kier alpha value is -1.96. The molecule has 0 fully saturated rings. The van der Waals surface area contributed by atoms with Crippen molar-refractivity contribution < 1.29 is 19.1 Å². The van der Waals surface area contributed by atoms with Crippen molar-refractivity contribution in [1.29, 1.82) is 0 Å². The molecular weight excluding hydrogens is 216 g/mol. The van der Waals surface area contributed by atoms with Gasteiger partial charge in [-0.25, -0.2) is 9.48 Å². The summed E-state index contributed by atoms with van der Waals surface area (Å²) in [6.07, 6.45) is 0. The highest BCUT2D eigenvalue weighted by atomic mass is 16.5. The first-order valence-corrected chi connectivity index (χ1v) is 4.38. The third-order valence-corrected chi connectivity index (χ3v) is 1.80. The Morgan fingerprint density at radius 3 is 2.62 bits per heavy atom. The molecule has 1 aromatic rings. The molecular formula is C8H12N4O4. The van der Waals surface area contributed by atoms with Crippen molar-refractivity contribution in [2.75, 3.05) is 14.2 Å². The van der Waals surface area contributed by atoms with Crippen LogP contribution >= 0.6 is 0 Å². The van der Waals surface area contributed by atoms with Crippen molar-refractivity contribution in [2.45, 2.75) is 13.2 Å². The SMILES string of the molecule is COCc1c(C(=O)OC)nnn1CC(N)=O. The maximum Gasteiger partial charge on any atom is 0.360 e. The highest BCUT2D eigenvalue weighted by Crippen LogP contribution is 2.08. The van der Waals surface area contributed by atoms with Crippen LogP contribution in [-0.2, 0) is 27.4 Å². The van der Waals surface area contributed by atoms with Crippen LogP contribution in [-0.4, -0.2) is 41.1 Å². The summed E-state index contributed by atoms with van der Waals surface area (Å²) >= 11 is 0. The summed E-state index contributed by atoms with van der Waals surface area (Å²) in [6, 6.07) is 0. The molecule has 88 valence electrons. The van der Waals surface area contributed by atoms with Gasteiger partial charge in [-0.3, -0.25) is 4.79 Å². The summed E-state index contributed by atoms with van der Waals surface area (Å²) in [4.78, 5) is 22.0. The second-order valence-corrected chi connectivity index (χ2v) is 2.93. The molecule has 8 nitrogen and oxygen atoms in total. The van der Waals surface area contributed by atoms with Gasteiger partial charge in [0.2, 0.25) is 5.91 Å². The fourth-order valence-corrected chi connectivity index (χ4v) is 1.14. The second kappa shape index (κ2) is 5.21. The van der Waals surface area contributed by atoms with Crippen molar-refractivity contribution in [3.63, 3.8) is 0 Å². The Kier molecular flexibility index (Phi) is 3.95. The van der Waals surface area contributed by atoms with Crippen molar-refractivity contribution in [1.82, 2.24) is 15.0 Å². The van der Waals surface area contributed by atoms with Gasteiger partial charge in [0.25, 0.3) is 0 Å². The number of esters is 1. The molecule has 0 unspecified atom stereocenters. The molecule has 0 bridgehead atoms. The number of methoxy groups -OCH3 is 2. The number of ether oxygens (including phenoxy) is 2. The Bertz CT molecular complexity index is 401. The number of primary amides is 1. The Labute approximate surface area is 91.3 Å². The van der Waals surface area contributed by atoms with Gasteiger partial charge < -0.3 is 15.2 Å². The molecule has 0 atom stereocenters. The second-order valence-electron chi connectivity index (χ2n) is 2.93. The zero-order chi connectivity index (χ0) is 12.1. The first-order chi connectivity index (χ1) is 7.60. The van der Waals surface area contributed by atoms with E-state index in [1.54, 1.807) is 0 Å². The zero-order valence-electron chi connectivity index (χ0n) is 8.97. The number of amides is 1. The fourth-order valence-electron chi connectivity index (χ4n) is 1.14. The van der Waals surface area contributed by atoms with E-state index in [9.17, 15) is 9.59 Å². The van der Waals surface area contributed by atoms with Crippen LogP contribution in [0, 0.1) is 0 Å². The van der Waals surface area contributed by atoms with Crippen molar-refractivity contribution in [3.8, 4) is 0 Å². The van der Waals surface area contributed by atoms with Crippen LogP contribution in [0.25, 0.3) is 0 Å². The molecule has 0 spiro atoms. The van der Waals surface area contributed by atoms with E-state index in [4.69, 9.17) is 10.5 Å². The van der Waals surface area contributed by atoms with Crippen LogP contribution in [0.4, 0.5) is 0 Å². The fraction of sp³-hybridized carbons (Fsp3) is 0.500. The first-order valence-electron chi connectivity index (χ1n) is 4.38. The van der Waals surface area contributed by atoms with E-state index in [2.05, 4.69) is 15.0 Å². The van der Waals surface area contributed by atoms with Gasteiger partial charge in [-0.2, -0.15) is 0 Å². The Balaban J connectivity index is 3.05.